The third kappa shape index (κ3) is 6.62. The molecule has 0 unspecified atom stereocenters. The lowest BCUT2D eigenvalue weighted by atomic mass is 10.0. The zero-order valence-electron chi connectivity index (χ0n) is 17.5. The summed E-state index contributed by atoms with van der Waals surface area (Å²) in [6.07, 6.45) is 4.61. The lowest BCUT2D eigenvalue weighted by Gasteiger charge is -2.34. The van der Waals surface area contributed by atoms with Gasteiger partial charge in [-0.15, -0.1) is 11.3 Å². The summed E-state index contributed by atoms with van der Waals surface area (Å²) in [6.45, 7) is 1.18. The molecule has 2 aromatic rings. The minimum atomic E-state index is -3.51. The van der Waals surface area contributed by atoms with Gasteiger partial charge in [0.2, 0.25) is 0 Å². The minimum absolute atomic E-state index is 0.171. The fourth-order valence-corrected chi connectivity index (χ4v) is 6.60. The van der Waals surface area contributed by atoms with Crippen molar-refractivity contribution >= 4 is 33.2 Å². The van der Waals surface area contributed by atoms with Crippen LogP contribution in [0, 0.1) is 0 Å². The molecule has 0 aliphatic carbocycles. The molecular formula is C22H29N3O4S2. The fourth-order valence-electron chi connectivity index (χ4n) is 3.76. The summed E-state index contributed by atoms with van der Waals surface area (Å²) in [4.78, 5) is 24.0. The highest BCUT2D eigenvalue weighted by atomic mass is 32.2. The van der Waals surface area contributed by atoms with Crippen LogP contribution in [0.4, 0.5) is 0 Å². The Morgan fingerprint density at radius 2 is 1.74 bits per heavy atom. The van der Waals surface area contributed by atoms with Gasteiger partial charge in [0.05, 0.1) is 0 Å². The Morgan fingerprint density at radius 1 is 1.00 bits per heavy atom. The largest absolute Gasteiger partial charge is 0.348 e. The second-order valence-corrected chi connectivity index (χ2v) is 10.7. The Hall–Kier alpha value is -2.23. The Labute approximate surface area is 187 Å². The molecule has 0 spiro atoms. The number of benzene rings is 1. The molecule has 168 valence electrons. The molecule has 2 N–H and O–H groups in total. The van der Waals surface area contributed by atoms with Crippen molar-refractivity contribution in [1.29, 1.82) is 0 Å². The first kappa shape index (κ1) is 23.4. The molecule has 2 amide bonds. The van der Waals surface area contributed by atoms with Gasteiger partial charge in [0.1, 0.15) is 4.21 Å². The maximum absolute atomic E-state index is 12.9. The van der Waals surface area contributed by atoms with E-state index in [1.807, 2.05) is 30.3 Å². The zero-order chi connectivity index (χ0) is 22.1. The first-order valence-corrected chi connectivity index (χ1v) is 13.0. The van der Waals surface area contributed by atoms with Crippen molar-refractivity contribution in [2.45, 2.75) is 48.8 Å². The zero-order valence-corrected chi connectivity index (χ0v) is 19.1. The van der Waals surface area contributed by atoms with Gasteiger partial charge in [-0.3, -0.25) is 9.59 Å². The number of carbonyl (C=O) groups is 2. The molecule has 0 radical (unpaired) electrons. The number of carbonyl (C=O) groups excluding carboxylic acids is 2. The number of amides is 2. The molecule has 1 atom stereocenters. The smallest absolute Gasteiger partial charge is 0.309 e. The van der Waals surface area contributed by atoms with Crippen LogP contribution in [-0.2, 0) is 26.0 Å². The van der Waals surface area contributed by atoms with Crippen LogP contribution in [-0.4, -0.2) is 50.2 Å². The van der Waals surface area contributed by atoms with Gasteiger partial charge in [0.15, 0.2) is 0 Å². The standard InChI is InChI=1S/C22H29N3O4S2/c26-21(23-14-6-10-18-8-2-1-3-9-18)22(27)24-15-13-19-11-4-5-16-25(19)31(28,29)20-12-7-17-30-20/h1-3,7-9,12,17,19H,4-6,10-11,13-16H2,(H,23,26)(H,24,27)/t19-/m1/s1. The third-order valence-electron chi connectivity index (χ3n) is 5.37. The maximum Gasteiger partial charge on any atom is 0.309 e. The number of nitrogens with zero attached hydrogens (tertiary/aromatic N) is 1. The molecule has 7 nitrogen and oxygen atoms in total. The molecule has 0 bridgehead atoms. The number of hydrogen-bond acceptors (Lipinski definition) is 5. The Balaban J connectivity index is 1.40. The number of aryl methyl sites for hydroxylation is 1. The summed E-state index contributed by atoms with van der Waals surface area (Å²) in [6, 6.07) is 13.1. The number of nitrogens with one attached hydrogen (secondary N) is 2. The van der Waals surface area contributed by atoms with Gasteiger partial charge in [-0.1, -0.05) is 42.8 Å². The van der Waals surface area contributed by atoms with Gasteiger partial charge in [0.25, 0.3) is 10.0 Å². The van der Waals surface area contributed by atoms with E-state index in [1.165, 1.54) is 16.9 Å². The van der Waals surface area contributed by atoms with Gasteiger partial charge < -0.3 is 10.6 Å². The Morgan fingerprint density at radius 3 is 2.45 bits per heavy atom. The van der Waals surface area contributed by atoms with Crippen molar-refractivity contribution in [3.63, 3.8) is 0 Å². The molecule has 1 aromatic carbocycles. The normalized spacial score (nSPS) is 17.2. The van der Waals surface area contributed by atoms with Crippen LogP contribution in [0.3, 0.4) is 0 Å². The maximum atomic E-state index is 12.9. The number of thiophene rings is 1. The lowest BCUT2D eigenvalue weighted by Crippen LogP contribution is -2.46. The topological polar surface area (TPSA) is 95.6 Å². The van der Waals surface area contributed by atoms with E-state index in [4.69, 9.17) is 0 Å². The van der Waals surface area contributed by atoms with Gasteiger partial charge in [-0.25, -0.2) is 8.42 Å². The quantitative estimate of drug-likeness (QED) is 0.441. The van der Waals surface area contributed by atoms with E-state index in [-0.39, 0.29) is 12.6 Å². The van der Waals surface area contributed by atoms with Gasteiger partial charge >= 0.3 is 11.8 Å². The molecule has 31 heavy (non-hydrogen) atoms. The molecule has 1 aliphatic rings. The summed E-state index contributed by atoms with van der Waals surface area (Å²) in [7, 11) is -3.51. The lowest BCUT2D eigenvalue weighted by molar-refractivity contribution is -0.139. The first-order chi connectivity index (χ1) is 15.0. The minimum Gasteiger partial charge on any atom is -0.348 e. The van der Waals surface area contributed by atoms with Crippen LogP contribution in [0.15, 0.2) is 52.1 Å². The van der Waals surface area contributed by atoms with Crippen molar-refractivity contribution in [3.05, 3.63) is 53.4 Å². The van der Waals surface area contributed by atoms with E-state index in [2.05, 4.69) is 10.6 Å². The molecule has 1 fully saturated rings. The van der Waals surface area contributed by atoms with Crippen LogP contribution >= 0.6 is 11.3 Å². The average Bonchev–Trinajstić information content (AvgIpc) is 3.33. The monoisotopic (exact) mass is 463 g/mol. The number of sulfonamides is 1. The summed E-state index contributed by atoms with van der Waals surface area (Å²) < 4.78 is 27.7. The first-order valence-electron chi connectivity index (χ1n) is 10.6. The van der Waals surface area contributed by atoms with E-state index in [0.29, 0.717) is 23.7 Å². The van der Waals surface area contributed by atoms with Crippen molar-refractivity contribution in [3.8, 4) is 0 Å². The Bertz CT molecular complexity index is 946. The number of rotatable bonds is 9. The molecule has 3 rings (SSSR count). The highest BCUT2D eigenvalue weighted by Gasteiger charge is 2.33. The predicted molar refractivity (Wildman–Crippen MR) is 121 cm³/mol. The highest BCUT2D eigenvalue weighted by Crippen LogP contribution is 2.28. The second-order valence-electron chi connectivity index (χ2n) is 7.59. The third-order valence-corrected chi connectivity index (χ3v) is 8.70. The molecule has 0 saturated carbocycles. The van der Waals surface area contributed by atoms with Crippen LogP contribution in [0.1, 0.15) is 37.7 Å². The summed E-state index contributed by atoms with van der Waals surface area (Å²) >= 11 is 1.21. The molecule has 1 aromatic heterocycles. The van der Waals surface area contributed by atoms with Crippen molar-refractivity contribution in [2.75, 3.05) is 19.6 Å². The fraction of sp³-hybridized carbons (Fsp3) is 0.455. The van der Waals surface area contributed by atoms with E-state index in [0.717, 1.165) is 32.1 Å². The summed E-state index contributed by atoms with van der Waals surface area (Å²) in [5.74, 6) is -1.33. The van der Waals surface area contributed by atoms with E-state index >= 15 is 0 Å². The van der Waals surface area contributed by atoms with Crippen LogP contribution in [0.25, 0.3) is 0 Å². The van der Waals surface area contributed by atoms with Crippen molar-refractivity contribution in [1.82, 2.24) is 14.9 Å². The van der Waals surface area contributed by atoms with Gasteiger partial charge in [-0.2, -0.15) is 4.31 Å². The van der Waals surface area contributed by atoms with Crippen molar-refractivity contribution in [2.24, 2.45) is 0 Å². The SMILES string of the molecule is O=C(NCCCc1ccccc1)C(=O)NCC[C@H]1CCCCN1S(=O)(=O)c1cccs1. The van der Waals surface area contributed by atoms with Crippen LogP contribution in [0.2, 0.25) is 0 Å². The van der Waals surface area contributed by atoms with E-state index in [9.17, 15) is 18.0 Å². The van der Waals surface area contributed by atoms with Crippen LogP contribution in [0.5, 0.6) is 0 Å². The summed E-state index contributed by atoms with van der Waals surface area (Å²) in [5, 5.41) is 7.02. The molecule has 2 heterocycles. The van der Waals surface area contributed by atoms with Gasteiger partial charge in [-0.05, 0) is 49.1 Å². The van der Waals surface area contributed by atoms with E-state index < -0.39 is 21.8 Å². The number of piperidine rings is 1. The van der Waals surface area contributed by atoms with Gasteiger partial charge in [0, 0.05) is 25.7 Å². The second kappa shape index (κ2) is 11.4. The molecule has 9 heteroatoms. The van der Waals surface area contributed by atoms with Crippen LogP contribution < -0.4 is 10.6 Å². The predicted octanol–water partition coefficient (Wildman–Crippen LogP) is 2.55. The summed E-state index contributed by atoms with van der Waals surface area (Å²) in [5.41, 5.74) is 1.19. The molecular weight excluding hydrogens is 434 g/mol. The highest BCUT2D eigenvalue weighted by molar-refractivity contribution is 7.91. The number of hydrogen-bond donors (Lipinski definition) is 2. The molecule has 1 saturated heterocycles. The van der Waals surface area contributed by atoms with E-state index in [1.54, 1.807) is 21.8 Å². The Kier molecular flexibility index (Phi) is 8.62. The average molecular weight is 464 g/mol. The van der Waals surface area contributed by atoms with Crippen molar-refractivity contribution < 1.29 is 18.0 Å². The molecule has 1 aliphatic heterocycles.